The summed E-state index contributed by atoms with van der Waals surface area (Å²) in [5, 5.41) is 31.6. The molecule has 2 unspecified atom stereocenters. The molecule has 3 saturated carbocycles. The Morgan fingerprint density at radius 1 is 0.626 bits per heavy atom. The minimum absolute atomic E-state index is 0.0149. The highest BCUT2D eigenvalue weighted by Gasteiger charge is 2.82. The van der Waals surface area contributed by atoms with Crippen LogP contribution in [0.1, 0.15) is 41.6 Å². The molecule has 12 aromatic rings. The Morgan fingerprint density at radius 2 is 1.14 bits per heavy atom. The quantitative estimate of drug-likeness (QED) is 0.0465. The van der Waals surface area contributed by atoms with Gasteiger partial charge in [-0.3, -0.25) is 24.7 Å². The number of benzene rings is 4. The molecule has 3 saturated heterocycles. The number of hydrogen-bond donors (Lipinski definition) is 7. The summed E-state index contributed by atoms with van der Waals surface area (Å²) in [6.07, 6.45) is 12.0. The predicted octanol–water partition coefficient (Wildman–Crippen LogP) is 7.33. The van der Waals surface area contributed by atoms with Crippen molar-refractivity contribution in [2.75, 3.05) is 60.5 Å². The Balaban J connectivity index is 0.713. The maximum absolute atomic E-state index is 17.6. The van der Waals surface area contributed by atoms with Crippen molar-refractivity contribution in [1.29, 1.82) is 0 Å². The van der Waals surface area contributed by atoms with Gasteiger partial charge in [0.05, 0.1) is 58.0 Å². The maximum Gasteiger partial charge on any atom is 0.242 e. The molecule has 3 aliphatic carbocycles. The minimum atomic E-state index is -4.87. The highest BCUT2D eigenvalue weighted by Crippen LogP contribution is 2.74. The van der Waals surface area contributed by atoms with Crippen molar-refractivity contribution in [1.82, 2.24) is 84.8 Å². The van der Waals surface area contributed by atoms with Gasteiger partial charge in [-0.1, -0.05) is 66.2 Å². The number of hydrogen-bond acceptors (Lipinski definition) is 19. The van der Waals surface area contributed by atoms with Gasteiger partial charge in [0.15, 0.2) is 0 Å². The molecule has 25 nitrogen and oxygen atoms in total. The van der Waals surface area contributed by atoms with Crippen LogP contribution in [0.15, 0.2) is 133 Å². The monoisotopic (exact) mass is 1370 g/mol. The van der Waals surface area contributed by atoms with E-state index >= 15 is 21.6 Å². The van der Waals surface area contributed by atoms with E-state index in [4.69, 9.17) is 58.7 Å². The molecule has 504 valence electrons. The topological polar surface area (TPSA) is 333 Å². The zero-order chi connectivity index (χ0) is 67.8. The molecule has 11 atom stereocenters. The third kappa shape index (κ3) is 8.92. The van der Waals surface area contributed by atoms with Crippen molar-refractivity contribution in [3.63, 3.8) is 0 Å². The Kier molecular flexibility index (Phi) is 13.7. The molecule has 10 N–H and O–H groups in total. The summed E-state index contributed by atoms with van der Waals surface area (Å²) in [5.74, 6) is -1.36. The average Bonchev–Trinajstić information content (AvgIpc) is 1.47. The average molecular weight is 1370 g/mol. The van der Waals surface area contributed by atoms with E-state index in [-0.39, 0.29) is 57.7 Å². The number of aromatic amines is 3. The number of nitrogens with one attached hydrogen (secondary N) is 4. The van der Waals surface area contributed by atoms with Crippen LogP contribution in [-0.2, 0) is 40.4 Å². The molecule has 3 aliphatic heterocycles. The molecule has 0 radical (unpaired) electrons. The van der Waals surface area contributed by atoms with Gasteiger partial charge in [-0.15, -0.1) is 0 Å². The van der Waals surface area contributed by atoms with Gasteiger partial charge in [0.2, 0.25) is 27.0 Å². The van der Waals surface area contributed by atoms with E-state index in [9.17, 15) is 0 Å². The van der Waals surface area contributed by atoms with E-state index in [1.54, 1.807) is 88.9 Å². The number of aryl methyl sites for hydroxylation is 2. The highest BCUT2D eigenvalue weighted by atomic mass is 35.5. The zero-order valence-corrected chi connectivity index (χ0v) is 55.4. The van der Waals surface area contributed by atoms with E-state index < -0.39 is 67.4 Å². The first-order chi connectivity index (χ1) is 47.9. The second kappa shape index (κ2) is 22.1. The normalized spacial score (nSPS) is 25.8. The number of fused-ring (bicyclic) bond motifs is 6. The van der Waals surface area contributed by atoms with Gasteiger partial charge in [0.1, 0.15) is 57.1 Å². The third-order valence-electron chi connectivity index (χ3n) is 23.3. The van der Waals surface area contributed by atoms with Crippen molar-refractivity contribution in [3.05, 3.63) is 173 Å². The van der Waals surface area contributed by atoms with Crippen molar-refractivity contribution in [2.24, 2.45) is 66.8 Å². The van der Waals surface area contributed by atoms with Gasteiger partial charge < -0.3 is 31.9 Å². The van der Waals surface area contributed by atoms with E-state index in [0.29, 0.717) is 125 Å². The SMILES string of the molecule is Cc1c(-c2[nH]nc3nc(N4CC[C@@H]5[C@H](C4)[C@]5(c4ccccc4F)C(N)(NS(=O)(=O)c4ccc(-c5[nH]nc6nc(N7CC[C@@H]8[C@H](C7)[C@@]8(CN)c7ccccc7F)cnc56)c(Cl)c4)C(N)[C@]4(c5ccccc5F)[C@@H]5CCN(c6cnc7c(-c8cnn(C)c8)[nH]nc7n6)C[C@@H]54)cnc23)cnn1C. The Morgan fingerprint density at radius 3 is 1.69 bits per heavy atom. The number of H-pyrrole nitrogens is 3. The molecule has 0 spiro atoms. The lowest BCUT2D eigenvalue weighted by atomic mass is 9.68. The lowest BCUT2D eigenvalue weighted by Crippen LogP contribution is -2.76. The van der Waals surface area contributed by atoms with Crippen molar-refractivity contribution in [2.45, 2.75) is 59.0 Å². The number of aromatic nitrogens is 16. The van der Waals surface area contributed by atoms with Gasteiger partial charge >= 0.3 is 0 Å². The number of sulfonamides is 1. The lowest BCUT2D eigenvalue weighted by Gasteiger charge is -2.48. The highest BCUT2D eigenvalue weighted by molar-refractivity contribution is 7.89. The van der Waals surface area contributed by atoms with Gasteiger partial charge in [-0.05, 0) is 115 Å². The number of anilines is 3. The van der Waals surface area contributed by atoms with Crippen LogP contribution in [-0.4, -0.2) is 146 Å². The maximum atomic E-state index is 17.6. The summed E-state index contributed by atoms with van der Waals surface area (Å²) >= 11 is 7.27. The largest absolute Gasteiger partial charge is 0.355 e. The molecule has 18 rings (SSSR count). The summed E-state index contributed by atoms with van der Waals surface area (Å²) in [6.45, 7) is 4.86. The number of rotatable bonds is 16. The first kappa shape index (κ1) is 61.5. The molecular weight excluding hydrogens is 1310 g/mol. The van der Waals surface area contributed by atoms with Crippen molar-refractivity contribution >= 4 is 72.6 Å². The van der Waals surface area contributed by atoms with Gasteiger partial charge in [0.25, 0.3) is 0 Å². The summed E-state index contributed by atoms with van der Waals surface area (Å²) < 4.78 is 89.0. The molecule has 6 aliphatic rings. The van der Waals surface area contributed by atoms with Crippen LogP contribution in [0.2, 0.25) is 5.02 Å². The van der Waals surface area contributed by atoms with Crippen LogP contribution < -0.4 is 36.6 Å². The number of piperidine rings is 3. The fourth-order valence-electron chi connectivity index (χ4n) is 18.5. The van der Waals surface area contributed by atoms with E-state index in [2.05, 4.69) is 55.3 Å². The van der Waals surface area contributed by atoms with Crippen LogP contribution in [0.4, 0.5) is 30.6 Å². The van der Waals surface area contributed by atoms with Crippen LogP contribution in [0.25, 0.3) is 67.3 Å². The smallest absolute Gasteiger partial charge is 0.242 e. The summed E-state index contributed by atoms with van der Waals surface area (Å²) in [6, 6.07) is 22.4. The molecule has 99 heavy (non-hydrogen) atoms. The van der Waals surface area contributed by atoms with Crippen molar-refractivity contribution in [3.8, 4) is 33.8 Å². The fourth-order valence-corrected chi connectivity index (χ4v) is 20.2. The van der Waals surface area contributed by atoms with E-state index in [1.807, 2.05) is 44.2 Å². The number of nitrogens with two attached hydrogens (primary N) is 3. The molecule has 8 aromatic heterocycles. The Bertz CT molecular complexity index is 5390. The van der Waals surface area contributed by atoms with E-state index in [0.717, 1.165) is 23.2 Å². The molecule has 6 fully saturated rings. The second-order valence-electron chi connectivity index (χ2n) is 27.6. The molecule has 11 heterocycles. The van der Waals surface area contributed by atoms with Crippen LogP contribution in [0.5, 0.6) is 0 Å². The van der Waals surface area contributed by atoms with Crippen LogP contribution in [0, 0.1) is 59.9 Å². The Labute approximate surface area is 569 Å². The minimum Gasteiger partial charge on any atom is -0.355 e. The Hall–Kier alpha value is -9.78. The van der Waals surface area contributed by atoms with Crippen LogP contribution in [0.3, 0.4) is 0 Å². The summed E-state index contributed by atoms with van der Waals surface area (Å²) in [7, 11) is -1.19. The molecule has 0 bridgehead atoms. The lowest BCUT2D eigenvalue weighted by molar-refractivity contribution is 0.178. The fraction of sp³-hybridized carbons (Fsp3) is 0.348. The van der Waals surface area contributed by atoms with Crippen LogP contribution >= 0.6 is 11.6 Å². The van der Waals surface area contributed by atoms with E-state index in [1.165, 1.54) is 30.3 Å². The zero-order valence-electron chi connectivity index (χ0n) is 53.9. The predicted molar refractivity (Wildman–Crippen MR) is 365 cm³/mol. The molecule has 4 aromatic carbocycles. The second-order valence-corrected chi connectivity index (χ2v) is 29.7. The number of nitrogens with zero attached hydrogens (tertiary/aromatic N) is 16. The first-order valence-electron chi connectivity index (χ1n) is 33.1. The number of halogens is 4. The summed E-state index contributed by atoms with van der Waals surface area (Å²) in [4.78, 5) is 35.5. The molecule has 30 heteroatoms. The summed E-state index contributed by atoms with van der Waals surface area (Å²) in [5.41, 5.74) is 25.3. The third-order valence-corrected chi connectivity index (χ3v) is 25.1. The molecular formula is C69H67ClF3N23O2S. The van der Waals surface area contributed by atoms with Gasteiger partial charge in [0, 0.05) is 111 Å². The standard InChI is InChI=1S/C69H67ClF3N23O2S/c1-35-39(26-81-93(35)3)58-61-64(90-87-58)84-55(29-79-61)96-23-20-42-48(33-96)68(42,45-12-6-9-15-52(45)73)69(76,65(75)67(44-11-5-8-14-51(44)72)41-19-22-95(32-47(41)67)54-27-77-59-56(85-88-62(59)82-54)36-25-80-92(2)30-36)91-99(97,98)37-16-17-38(49(70)24-37)57-60-63(89-86-57)83-53(28-78-60)94-21-18-40-46(31-94)66(40,34-74)43-10-4-7-13-50(43)71/h4-17,24-30,40-42,46-48,65,91H,18-23,31-34,74-76H2,1-3H3,(H,82,85,88)(H,83,86,89)(H,84,87,90)/t40-,41-,42-,46+,47+,48+,65?,66-,67+,68+,69?/m1/s1. The molecule has 0 amide bonds. The first-order valence-corrected chi connectivity index (χ1v) is 34.9. The van der Waals surface area contributed by atoms with Crippen molar-refractivity contribution < 1.29 is 21.6 Å². The van der Waals surface area contributed by atoms with Gasteiger partial charge in [-0.25, -0.2) is 51.5 Å². The van der Waals surface area contributed by atoms with Gasteiger partial charge in [-0.2, -0.15) is 30.2 Å².